The predicted octanol–water partition coefficient (Wildman–Crippen LogP) is 2.54. The average molecular weight is 337 g/mol. The van der Waals surface area contributed by atoms with Crippen LogP contribution < -0.4 is 10.9 Å². The van der Waals surface area contributed by atoms with E-state index in [9.17, 15) is 9.59 Å². The lowest BCUT2D eigenvalue weighted by Crippen LogP contribution is -2.18. The maximum absolute atomic E-state index is 12.1. The van der Waals surface area contributed by atoms with Gasteiger partial charge in [0.25, 0.3) is 5.91 Å². The Kier molecular flexibility index (Phi) is 4.70. The highest BCUT2D eigenvalue weighted by molar-refractivity contribution is 9.10. The molecule has 0 fully saturated rings. The first-order valence-electron chi connectivity index (χ1n) is 5.89. The van der Waals surface area contributed by atoms with Gasteiger partial charge < -0.3 is 15.0 Å². The van der Waals surface area contributed by atoms with Gasteiger partial charge in [-0.25, -0.2) is 0 Å². The third-order valence-electron chi connectivity index (χ3n) is 2.67. The van der Waals surface area contributed by atoms with Gasteiger partial charge in [0.05, 0.1) is 6.61 Å². The number of benzene rings is 1. The van der Waals surface area contributed by atoms with Crippen LogP contribution in [0, 0.1) is 0 Å². The van der Waals surface area contributed by atoms with Crippen LogP contribution in [0.2, 0.25) is 0 Å². The number of methoxy groups -OCH3 is 1. The molecule has 5 nitrogen and oxygen atoms in total. The number of pyridine rings is 1. The van der Waals surface area contributed by atoms with Crippen molar-refractivity contribution >= 4 is 27.5 Å². The highest BCUT2D eigenvalue weighted by Crippen LogP contribution is 2.25. The molecule has 0 unspecified atom stereocenters. The largest absolute Gasteiger partial charge is 0.380 e. The zero-order valence-electron chi connectivity index (χ0n) is 10.8. The Balaban J connectivity index is 2.28. The minimum absolute atomic E-state index is 0.209. The van der Waals surface area contributed by atoms with Crippen molar-refractivity contribution in [2.45, 2.75) is 6.61 Å². The zero-order valence-corrected chi connectivity index (χ0v) is 12.4. The molecule has 0 saturated carbocycles. The number of ether oxygens (including phenoxy) is 1. The Morgan fingerprint density at radius 3 is 2.75 bits per heavy atom. The van der Waals surface area contributed by atoms with E-state index in [4.69, 9.17) is 4.74 Å². The average Bonchev–Trinajstić information content (AvgIpc) is 2.42. The number of aromatic nitrogens is 1. The SMILES string of the molecule is COCc1c(Br)cccc1NC(=O)c1cccc(=O)[nH]1. The Bertz CT molecular complexity index is 682. The number of amides is 1. The van der Waals surface area contributed by atoms with Gasteiger partial charge in [-0.1, -0.05) is 28.1 Å². The van der Waals surface area contributed by atoms with E-state index in [1.807, 2.05) is 12.1 Å². The van der Waals surface area contributed by atoms with E-state index in [0.717, 1.165) is 10.0 Å². The normalized spacial score (nSPS) is 10.3. The fraction of sp³-hybridized carbons (Fsp3) is 0.143. The molecule has 1 aromatic carbocycles. The van der Waals surface area contributed by atoms with Crippen LogP contribution in [0.3, 0.4) is 0 Å². The van der Waals surface area contributed by atoms with Gasteiger partial charge in [0.2, 0.25) is 5.56 Å². The van der Waals surface area contributed by atoms with Gasteiger partial charge >= 0.3 is 0 Å². The number of H-pyrrole nitrogens is 1. The smallest absolute Gasteiger partial charge is 0.272 e. The van der Waals surface area contributed by atoms with E-state index in [0.29, 0.717) is 12.3 Å². The van der Waals surface area contributed by atoms with Crippen molar-refractivity contribution in [1.29, 1.82) is 0 Å². The van der Waals surface area contributed by atoms with Crippen molar-refractivity contribution < 1.29 is 9.53 Å². The van der Waals surface area contributed by atoms with Gasteiger partial charge in [-0.15, -0.1) is 0 Å². The van der Waals surface area contributed by atoms with Gasteiger partial charge in [-0.3, -0.25) is 9.59 Å². The van der Waals surface area contributed by atoms with Crippen molar-refractivity contribution in [3.05, 3.63) is 62.5 Å². The monoisotopic (exact) mass is 336 g/mol. The lowest BCUT2D eigenvalue weighted by atomic mass is 10.2. The number of carbonyl (C=O) groups excluding carboxylic acids is 1. The molecule has 0 bridgehead atoms. The number of hydrogen-bond acceptors (Lipinski definition) is 3. The molecule has 2 N–H and O–H groups in total. The molecule has 6 heteroatoms. The number of carbonyl (C=O) groups is 1. The second-order valence-electron chi connectivity index (χ2n) is 4.08. The van der Waals surface area contributed by atoms with Crippen LogP contribution in [0.5, 0.6) is 0 Å². The summed E-state index contributed by atoms with van der Waals surface area (Å²) in [6, 6.07) is 9.89. The van der Waals surface area contributed by atoms with E-state index in [1.54, 1.807) is 19.2 Å². The molecule has 0 radical (unpaired) electrons. The summed E-state index contributed by atoms with van der Waals surface area (Å²) < 4.78 is 5.96. The molecular formula is C14H13BrN2O3. The number of anilines is 1. The summed E-state index contributed by atoms with van der Waals surface area (Å²) in [6.07, 6.45) is 0. The molecule has 0 spiro atoms. The molecule has 0 atom stereocenters. The highest BCUT2D eigenvalue weighted by atomic mass is 79.9. The predicted molar refractivity (Wildman–Crippen MR) is 79.9 cm³/mol. The third kappa shape index (κ3) is 3.34. The molecule has 0 aliphatic heterocycles. The topological polar surface area (TPSA) is 71.2 Å². The van der Waals surface area contributed by atoms with Gasteiger partial charge in [0.1, 0.15) is 5.69 Å². The summed E-state index contributed by atoms with van der Waals surface area (Å²) in [6.45, 7) is 0.363. The van der Waals surface area contributed by atoms with Gasteiger partial charge in [-0.05, 0) is 18.2 Å². The summed E-state index contributed by atoms with van der Waals surface area (Å²) in [7, 11) is 1.58. The maximum atomic E-state index is 12.1. The van der Waals surface area contributed by atoms with Crippen LogP contribution in [0.4, 0.5) is 5.69 Å². The Hall–Kier alpha value is -1.92. The van der Waals surface area contributed by atoms with Crippen molar-refractivity contribution in [1.82, 2.24) is 4.98 Å². The molecule has 1 heterocycles. The second kappa shape index (κ2) is 6.49. The zero-order chi connectivity index (χ0) is 14.5. The van der Waals surface area contributed by atoms with Crippen LogP contribution in [0.25, 0.3) is 0 Å². The lowest BCUT2D eigenvalue weighted by molar-refractivity contribution is 0.102. The van der Waals surface area contributed by atoms with Gasteiger partial charge in [0, 0.05) is 28.9 Å². The van der Waals surface area contributed by atoms with Crippen LogP contribution >= 0.6 is 15.9 Å². The molecule has 1 aromatic heterocycles. The summed E-state index contributed by atoms with van der Waals surface area (Å²) in [5.41, 5.74) is 1.36. The first-order chi connectivity index (χ1) is 9.61. The maximum Gasteiger partial charge on any atom is 0.272 e. The van der Waals surface area contributed by atoms with Crippen molar-refractivity contribution in [3.63, 3.8) is 0 Å². The minimum Gasteiger partial charge on any atom is -0.380 e. The van der Waals surface area contributed by atoms with Crippen LogP contribution in [0.15, 0.2) is 45.7 Å². The molecule has 0 saturated heterocycles. The van der Waals surface area contributed by atoms with Crippen LogP contribution in [0.1, 0.15) is 16.1 Å². The second-order valence-corrected chi connectivity index (χ2v) is 4.94. The van der Waals surface area contributed by atoms with E-state index >= 15 is 0 Å². The third-order valence-corrected chi connectivity index (χ3v) is 3.41. The lowest BCUT2D eigenvalue weighted by Gasteiger charge is -2.12. The number of nitrogens with one attached hydrogen (secondary N) is 2. The van der Waals surface area contributed by atoms with Crippen molar-refractivity contribution in [2.75, 3.05) is 12.4 Å². The molecular weight excluding hydrogens is 324 g/mol. The summed E-state index contributed by atoms with van der Waals surface area (Å²) >= 11 is 3.42. The Morgan fingerprint density at radius 1 is 1.30 bits per heavy atom. The van der Waals surface area contributed by atoms with E-state index in [2.05, 4.69) is 26.2 Å². The fourth-order valence-electron chi connectivity index (χ4n) is 1.74. The summed E-state index contributed by atoms with van der Waals surface area (Å²) in [5, 5.41) is 2.76. The summed E-state index contributed by atoms with van der Waals surface area (Å²) in [4.78, 5) is 25.8. The van der Waals surface area contributed by atoms with E-state index in [-0.39, 0.29) is 17.2 Å². The first-order valence-corrected chi connectivity index (χ1v) is 6.68. The van der Waals surface area contributed by atoms with Crippen molar-refractivity contribution in [2.24, 2.45) is 0 Å². The molecule has 1 amide bonds. The van der Waals surface area contributed by atoms with Gasteiger partial charge in [-0.2, -0.15) is 0 Å². The quantitative estimate of drug-likeness (QED) is 0.901. The van der Waals surface area contributed by atoms with Gasteiger partial charge in [0.15, 0.2) is 0 Å². The molecule has 2 rings (SSSR count). The summed E-state index contributed by atoms with van der Waals surface area (Å²) in [5.74, 6) is -0.377. The first kappa shape index (κ1) is 14.5. The minimum atomic E-state index is -0.377. The number of rotatable bonds is 4. The number of halogens is 1. The Morgan fingerprint density at radius 2 is 2.05 bits per heavy atom. The van der Waals surface area contributed by atoms with E-state index < -0.39 is 0 Å². The standard InChI is InChI=1S/C14H13BrN2O3/c1-20-8-9-10(15)4-2-5-11(9)17-14(19)12-6-3-7-13(18)16-12/h2-7H,8H2,1H3,(H,16,18)(H,17,19). The van der Waals surface area contributed by atoms with Crippen LogP contribution in [-0.4, -0.2) is 18.0 Å². The molecule has 0 aliphatic rings. The molecule has 20 heavy (non-hydrogen) atoms. The fourth-order valence-corrected chi connectivity index (χ4v) is 2.22. The highest BCUT2D eigenvalue weighted by Gasteiger charge is 2.11. The molecule has 2 aromatic rings. The van der Waals surface area contributed by atoms with E-state index in [1.165, 1.54) is 12.1 Å². The molecule has 0 aliphatic carbocycles. The number of hydrogen-bond donors (Lipinski definition) is 2. The van der Waals surface area contributed by atoms with Crippen molar-refractivity contribution in [3.8, 4) is 0 Å². The number of aromatic amines is 1. The molecule has 104 valence electrons. The van der Waals surface area contributed by atoms with Crippen LogP contribution in [-0.2, 0) is 11.3 Å². The Labute approximate surface area is 124 Å².